The Bertz CT molecular complexity index is 286. The molecule has 1 nitrogen and oxygen atoms in total. The van der Waals surface area contributed by atoms with Gasteiger partial charge in [0.25, 0.3) is 0 Å². The molecule has 84 valence electrons. The minimum Gasteiger partial charge on any atom is -0.370 e. The van der Waals surface area contributed by atoms with Crippen molar-refractivity contribution in [3.05, 3.63) is 34.9 Å². The molecule has 0 aliphatic carbocycles. The van der Waals surface area contributed by atoms with Crippen molar-refractivity contribution in [2.75, 3.05) is 4.43 Å². The van der Waals surface area contributed by atoms with E-state index < -0.39 is 0 Å². The zero-order valence-corrected chi connectivity index (χ0v) is 12.0. The third-order valence-corrected chi connectivity index (χ3v) is 3.41. The average Bonchev–Trinajstić information content (AvgIpc) is 2.27. The Kier molecular flexibility index (Phi) is 5.94. The highest BCUT2D eigenvalue weighted by atomic mass is 127. The predicted molar refractivity (Wildman–Crippen MR) is 73.9 cm³/mol. The lowest BCUT2D eigenvalue weighted by Gasteiger charge is -2.20. The molecule has 0 saturated heterocycles. The van der Waals surface area contributed by atoms with Gasteiger partial charge in [-0.25, -0.2) is 0 Å². The standard InChI is InChI=1S/C12H16ClIO/c1-3-9(2)15-12(8-14)10-4-6-11(13)7-5-10/h4-7,9,12H,3,8H2,1-2H3. The summed E-state index contributed by atoms with van der Waals surface area (Å²) in [5.41, 5.74) is 1.20. The van der Waals surface area contributed by atoms with Crippen molar-refractivity contribution in [1.29, 1.82) is 0 Å². The fourth-order valence-corrected chi connectivity index (χ4v) is 2.10. The van der Waals surface area contributed by atoms with E-state index >= 15 is 0 Å². The van der Waals surface area contributed by atoms with Gasteiger partial charge >= 0.3 is 0 Å². The molecule has 2 unspecified atom stereocenters. The molecular weight excluding hydrogens is 322 g/mol. The van der Waals surface area contributed by atoms with Crippen LogP contribution in [0.15, 0.2) is 24.3 Å². The van der Waals surface area contributed by atoms with E-state index in [-0.39, 0.29) is 6.10 Å². The first kappa shape index (κ1) is 13.3. The summed E-state index contributed by atoms with van der Waals surface area (Å²) < 4.78 is 6.89. The quantitative estimate of drug-likeness (QED) is 0.562. The van der Waals surface area contributed by atoms with E-state index in [2.05, 4.69) is 36.4 Å². The number of rotatable bonds is 5. The topological polar surface area (TPSA) is 9.23 Å². The van der Waals surface area contributed by atoms with Crippen molar-refractivity contribution in [2.45, 2.75) is 32.5 Å². The molecule has 0 fully saturated rings. The fourth-order valence-electron chi connectivity index (χ4n) is 1.26. The Morgan fingerprint density at radius 2 is 1.93 bits per heavy atom. The third kappa shape index (κ3) is 4.29. The Hall–Kier alpha value is 0.200. The van der Waals surface area contributed by atoms with Crippen molar-refractivity contribution in [3.63, 3.8) is 0 Å². The van der Waals surface area contributed by atoms with Crippen LogP contribution in [-0.2, 0) is 4.74 Å². The van der Waals surface area contributed by atoms with Gasteiger partial charge in [-0.15, -0.1) is 0 Å². The minimum absolute atomic E-state index is 0.179. The van der Waals surface area contributed by atoms with Crippen molar-refractivity contribution >= 4 is 34.2 Å². The first-order chi connectivity index (χ1) is 7.17. The summed E-state index contributed by atoms with van der Waals surface area (Å²) in [6.07, 6.45) is 1.53. The first-order valence-corrected chi connectivity index (χ1v) is 7.04. The van der Waals surface area contributed by atoms with Crippen LogP contribution < -0.4 is 0 Å². The van der Waals surface area contributed by atoms with Crippen molar-refractivity contribution in [2.24, 2.45) is 0 Å². The summed E-state index contributed by atoms with van der Waals surface area (Å²) in [6.45, 7) is 4.24. The number of halogens is 2. The van der Waals surface area contributed by atoms with Crippen LogP contribution in [-0.4, -0.2) is 10.5 Å². The van der Waals surface area contributed by atoms with Gasteiger partial charge in [0.1, 0.15) is 0 Å². The van der Waals surface area contributed by atoms with Crippen LogP contribution in [0.5, 0.6) is 0 Å². The van der Waals surface area contributed by atoms with Crippen LogP contribution in [0.2, 0.25) is 5.02 Å². The fraction of sp³-hybridized carbons (Fsp3) is 0.500. The molecule has 0 radical (unpaired) electrons. The number of hydrogen-bond acceptors (Lipinski definition) is 1. The summed E-state index contributed by atoms with van der Waals surface area (Å²) in [5, 5.41) is 0.773. The van der Waals surface area contributed by atoms with Crippen LogP contribution in [0.25, 0.3) is 0 Å². The highest BCUT2D eigenvalue weighted by Gasteiger charge is 2.13. The van der Waals surface area contributed by atoms with Crippen molar-refractivity contribution in [1.82, 2.24) is 0 Å². The Labute approximate surface area is 110 Å². The summed E-state index contributed by atoms with van der Waals surface area (Å²) in [7, 11) is 0. The summed E-state index contributed by atoms with van der Waals surface area (Å²) in [5.74, 6) is 0. The molecule has 0 heterocycles. The smallest absolute Gasteiger partial charge is 0.0917 e. The van der Waals surface area contributed by atoms with E-state index in [9.17, 15) is 0 Å². The molecule has 0 amide bonds. The second-order valence-electron chi connectivity index (χ2n) is 3.55. The van der Waals surface area contributed by atoms with Gasteiger partial charge < -0.3 is 4.74 Å². The van der Waals surface area contributed by atoms with Gasteiger partial charge in [-0.2, -0.15) is 0 Å². The molecule has 0 bridgehead atoms. The molecule has 0 aliphatic rings. The van der Waals surface area contributed by atoms with Crippen molar-refractivity contribution < 1.29 is 4.74 Å². The van der Waals surface area contributed by atoms with Gasteiger partial charge in [0.15, 0.2) is 0 Å². The molecule has 0 N–H and O–H groups in total. The van der Waals surface area contributed by atoms with Gasteiger partial charge in [0, 0.05) is 9.45 Å². The lowest BCUT2D eigenvalue weighted by atomic mass is 10.1. The van der Waals surface area contributed by atoms with E-state index in [4.69, 9.17) is 16.3 Å². The van der Waals surface area contributed by atoms with E-state index in [1.54, 1.807) is 0 Å². The maximum Gasteiger partial charge on any atom is 0.0917 e. The third-order valence-electron chi connectivity index (χ3n) is 2.35. The number of alkyl halides is 1. The van der Waals surface area contributed by atoms with Crippen LogP contribution in [0.4, 0.5) is 0 Å². The zero-order valence-electron chi connectivity index (χ0n) is 9.04. The summed E-state index contributed by atoms with van der Waals surface area (Å²) >= 11 is 8.20. The highest BCUT2D eigenvalue weighted by molar-refractivity contribution is 14.1. The Balaban J connectivity index is 2.69. The van der Waals surface area contributed by atoms with E-state index in [1.165, 1.54) is 5.56 Å². The van der Waals surface area contributed by atoms with Gasteiger partial charge in [0.05, 0.1) is 12.2 Å². The molecule has 1 aromatic rings. The molecule has 0 saturated carbocycles. The van der Waals surface area contributed by atoms with Gasteiger partial charge in [-0.1, -0.05) is 53.2 Å². The Morgan fingerprint density at radius 3 is 2.40 bits per heavy atom. The number of benzene rings is 1. The summed E-state index contributed by atoms with van der Waals surface area (Å²) in [4.78, 5) is 0. The lowest BCUT2D eigenvalue weighted by Crippen LogP contribution is -2.13. The number of ether oxygens (including phenoxy) is 1. The molecule has 0 spiro atoms. The molecule has 3 heteroatoms. The van der Waals surface area contributed by atoms with Gasteiger partial charge in [-0.3, -0.25) is 0 Å². The molecule has 1 rings (SSSR count). The number of hydrogen-bond donors (Lipinski definition) is 0. The molecule has 0 aliphatic heterocycles. The zero-order chi connectivity index (χ0) is 11.3. The second-order valence-corrected chi connectivity index (χ2v) is 4.87. The van der Waals surface area contributed by atoms with Crippen LogP contribution in [0.3, 0.4) is 0 Å². The summed E-state index contributed by atoms with van der Waals surface area (Å²) in [6, 6.07) is 7.90. The first-order valence-electron chi connectivity index (χ1n) is 5.14. The Morgan fingerprint density at radius 1 is 1.33 bits per heavy atom. The van der Waals surface area contributed by atoms with E-state index in [1.807, 2.05) is 24.3 Å². The monoisotopic (exact) mass is 338 g/mol. The molecule has 1 aromatic carbocycles. The predicted octanol–water partition coefficient (Wildman–Crippen LogP) is 4.63. The SMILES string of the molecule is CCC(C)OC(CI)c1ccc(Cl)cc1. The maximum absolute atomic E-state index is 5.92. The van der Waals surface area contributed by atoms with Gasteiger partial charge in [-0.05, 0) is 31.0 Å². The van der Waals surface area contributed by atoms with Crippen LogP contribution in [0, 0.1) is 0 Å². The van der Waals surface area contributed by atoms with Crippen LogP contribution >= 0.6 is 34.2 Å². The van der Waals surface area contributed by atoms with E-state index in [0.717, 1.165) is 15.9 Å². The lowest BCUT2D eigenvalue weighted by molar-refractivity contribution is 0.00978. The average molecular weight is 339 g/mol. The largest absolute Gasteiger partial charge is 0.370 e. The molecule has 15 heavy (non-hydrogen) atoms. The van der Waals surface area contributed by atoms with Gasteiger partial charge in [0.2, 0.25) is 0 Å². The maximum atomic E-state index is 5.92. The molecular formula is C12H16ClIO. The minimum atomic E-state index is 0.179. The normalized spacial score (nSPS) is 14.9. The molecule has 0 aromatic heterocycles. The van der Waals surface area contributed by atoms with Crippen LogP contribution in [0.1, 0.15) is 31.9 Å². The molecule has 2 atom stereocenters. The highest BCUT2D eigenvalue weighted by Crippen LogP contribution is 2.23. The second kappa shape index (κ2) is 6.71. The van der Waals surface area contributed by atoms with Crippen molar-refractivity contribution in [3.8, 4) is 0 Å². The van der Waals surface area contributed by atoms with E-state index in [0.29, 0.717) is 6.10 Å².